The molecule has 4 nitrogen and oxygen atoms in total. The van der Waals surface area contributed by atoms with Crippen LogP contribution in [0, 0.1) is 17.2 Å². The summed E-state index contributed by atoms with van der Waals surface area (Å²) in [5.74, 6) is 1.56. The molecular weight excluding hydrogens is 200 g/mol. The van der Waals surface area contributed by atoms with Crippen molar-refractivity contribution in [1.82, 2.24) is 4.98 Å². The molecule has 2 rings (SSSR count). The van der Waals surface area contributed by atoms with E-state index < -0.39 is 0 Å². The van der Waals surface area contributed by atoms with Gasteiger partial charge in [-0.05, 0) is 25.3 Å². The number of nitrogens with zero attached hydrogens (tertiary/aromatic N) is 2. The van der Waals surface area contributed by atoms with Gasteiger partial charge in [-0.15, -0.1) is 0 Å². The lowest BCUT2D eigenvalue weighted by Crippen LogP contribution is -2.17. The Hall–Kier alpha value is -1.76. The summed E-state index contributed by atoms with van der Waals surface area (Å²) >= 11 is 0. The van der Waals surface area contributed by atoms with Gasteiger partial charge < -0.3 is 11.1 Å². The maximum atomic E-state index is 8.70. The fraction of sp³-hybridized carbons (Fsp3) is 0.500. The number of nitrogens with one attached hydrogen (secondary N) is 1. The molecule has 1 aromatic heterocycles. The molecular formula is C12H16N4. The third-order valence-corrected chi connectivity index (χ3v) is 2.81. The van der Waals surface area contributed by atoms with Crippen LogP contribution in [0.2, 0.25) is 0 Å². The molecule has 0 aromatic carbocycles. The van der Waals surface area contributed by atoms with Gasteiger partial charge in [0.25, 0.3) is 0 Å². The highest BCUT2D eigenvalue weighted by Crippen LogP contribution is 2.34. The molecule has 1 aliphatic carbocycles. The van der Waals surface area contributed by atoms with Crippen LogP contribution in [0.15, 0.2) is 12.3 Å². The monoisotopic (exact) mass is 216 g/mol. The fourth-order valence-electron chi connectivity index (χ4n) is 1.81. The van der Waals surface area contributed by atoms with Gasteiger partial charge >= 0.3 is 0 Å². The van der Waals surface area contributed by atoms with Crippen molar-refractivity contribution in [2.45, 2.75) is 32.2 Å². The fourth-order valence-corrected chi connectivity index (χ4v) is 1.81. The lowest BCUT2D eigenvalue weighted by Gasteiger charge is -2.15. The second-order valence-electron chi connectivity index (χ2n) is 4.50. The van der Waals surface area contributed by atoms with Crippen LogP contribution in [0.1, 0.15) is 31.7 Å². The summed E-state index contributed by atoms with van der Waals surface area (Å²) in [6.07, 6.45) is 5.41. The van der Waals surface area contributed by atoms with E-state index >= 15 is 0 Å². The maximum Gasteiger partial charge on any atom is 0.149 e. The van der Waals surface area contributed by atoms with Crippen LogP contribution in [0.5, 0.6) is 0 Å². The molecule has 1 fully saturated rings. The van der Waals surface area contributed by atoms with Gasteiger partial charge in [0.05, 0.1) is 11.3 Å². The Morgan fingerprint density at radius 1 is 1.69 bits per heavy atom. The van der Waals surface area contributed by atoms with Crippen molar-refractivity contribution in [2.75, 3.05) is 11.1 Å². The molecule has 0 spiro atoms. The molecule has 1 atom stereocenters. The maximum absolute atomic E-state index is 8.70. The Morgan fingerprint density at radius 2 is 2.44 bits per heavy atom. The summed E-state index contributed by atoms with van der Waals surface area (Å²) in [5, 5.41) is 12.0. The predicted octanol–water partition coefficient (Wildman–Crippen LogP) is 2.14. The minimum atomic E-state index is 0.384. The first-order valence-corrected chi connectivity index (χ1v) is 5.61. The lowest BCUT2D eigenvalue weighted by molar-refractivity contribution is 0.640. The number of anilines is 2. The Morgan fingerprint density at radius 3 is 3.00 bits per heavy atom. The normalized spacial score (nSPS) is 16.5. The van der Waals surface area contributed by atoms with E-state index in [9.17, 15) is 0 Å². The average molecular weight is 216 g/mol. The second kappa shape index (κ2) is 4.40. The van der Waals surface area contributed by atoms with Gasteiger partial charge in [0.1, 0.15) is 11.9 Å². The summed E-state index contributed by atoms with van der Waals surface area (Å²) < 4.78 is 0. The SMILES string of the molecule is CC(CC1CC1)Nc1ncc(C#N)cc1N. The smallest absolute Gasteiger partial charge is 0.149 e. The molecule has 0 radical (unpaired) electrons. The van der Waals surface area contributed by atoms with Crippen molar-refractivity contribution >= 4 is 11.5 Å². The first-order valence-electron chi connectivity index (χ1n) is 5.61. The molecule has 0 saturated heterocycles. The van der Waals surface area contributed by atoms with Crippen molar-refractivity contribution < 1.29 is 0 Å². The van der Waals surface area contributed by atoms with Crippen LogP contribution in [-0.4, -0.2) is 11.0 Å². The Balaban J connectivity index is 2.00. The average Bonchev–Trinajstić information content (AvgIpc) is 3.05. The quantitative estimate of drug-likeness (QED) is 0.808. The van der Waals surface area contributed by atoms with Crippen molar-refractivity contribution in [3.05, 3.63) is 17.8 Å². The van der Waals surface area contributed by atoms with E-state index in [0.717, 1.165) is 5.92 Å². The van der Waals surface area contributed by atoms with Gasteiger partial charge in [-0.25, -0.2) is 4.98 Å². The van der Waals surface area contributed by atoms with Crippen molar-refractivity contribution in [2.24, 2.45) is 5.92 Å². The largest absolute Gasteiger partial charge is 0.396 e. The molecule has 84 valence electrons. The van der Waals surface area contributed by atoms with Crippen LogP contribution < -0.4 is 11.1 Å². The van der Waals surface area contributed by atoms with Crippen LogP contribution in [0.3, 0.4) is 0 Å². The minimum Gasteiger partial charge on any atom is -0.396 e. The van der Waals surface area contributed by atoms with Gasteiger partial charge in [0.2, 0.25) is 0 Å². The molecule has 0 bridgehead atoms. The standard InChI is InChI=1S/C12H16N4/c1-8(4-9-2-3-9)16-12-11(14)5-10(6-13)7-15-12/h5,7-9H,2-4,14H2,1H3,(H,15,16). The lowest BCUT2D eigenvalue weighted by atomic mass is 10.1. The van der Waals surface area contributed by atoms with Gasteiger partial charge in [0, 0.05) is 12.2 Å². The zero-order chi connectivity index (χ0) is 11.5. The summed E-state index contributed by atoms with van der Waals surface area (Å²) in [6, 6.07) is 4.06. The molecule has 1 aliphatic rings. The molecule has 1 saturated carbocycles. The Bertz CT molecular complexity index is 418. The zero-order valence-electron chi connectivity index (χ0n) is 9.40. The van der Waals surface area contributed by atoms with Crippen molar-refractivity contribution in [3.63, 3.8) is 0 Å². The highest BCUT2D eigenvalue weighted by molar-refractivity contribution is 5.63. The topological polar surface area (TPSA) is 74.7 Å². The van der Waals surface area contributed by atoms with Gasteiger partial charge in [-0.1, -0.05) is 12.8 Å². The number of nitriles is 1. The van der Waals surface area contributed by atoms with E-state index in [-0.39, 0.29) is 0 Å². The number of hydrogen-bond acceptors (Lipinski definition) is 4. The highest BCUT2D eigenvalue weighted by Gasteiger charge is 2.23. The molecule has 4 heteroatoms. The van der Waals surface area contributed by atoms with Gasteiger partial charge in [-0.3, -0.25) is 0 Å². The molecule has 0 aliphatic heterocycles. The predicted molar refractivity (Wildman–Crippen MR) is 63.8 cm³/mol. The first-order chi connectivity index (χ1) is 7.69. The van der Waals surface area contributed by atoms with Crippen LogP contribution in [0.25, 0.3) is 0 Å². The summed E-state index contributed by atoms with van der Waals surface area (Å²) in [7, 11) is 0. The second-order valence-corrected chi connectivity index (χ2v) is 4.50. The molecule has 3 N–H and O–H groups in total. The van der Waals surface area contributed by atoms with Crippen LogP contribution in [-0.2, 0) is 0 Å². The number of nitrogens with two attached hydrogens (primary N) is 1. The molecule has 16 heavy (non-hydrogen) atoms. The molecule has 0 amide bonds. The summed E-state index contributed by atoms with van der Waals surface area (Å²) in [5.41, 5.74) is 6.86. The van der Waals surface area contributed by atoms with E-state index in [0.29, 0.717) is 23.1 Å². The van der Waals surface area contributed by atoms with E-state index in [4.69, 9.17) is 11.0 Å². The number of nitrogen functional groups attached to an aromatic ring is 1. The Kier molecular flexibility index (Phi) is 2.95. The summed E-state index contributed by atoms with van der Waals surface area (Å²) in [6.45, 7) is 2.14. The summed E-state index contributed by atoms with van der Waals surface area (Å²) in [4.78, 5) is 4.16. The minimum absolute atomic E-state index is 0.384. The van der Waals surface area contributed by atoms with E-state index in [2.05, 4.69) is 17.2 Å². The van der Waals surface area contributed by atoms with Crippen LogP contribution >= 0.6 is 0 Å². The number of hydrogen-bond donors (Lipinski definition) is 2. The Labute approximate surface area is 95.5 Å². The zero-order valence-corrected chi connectivity index (χ0v) is 9.40. The number of aromatic nitrogens is 1. The number of pyridine rings is 1. The van der Waals surface area contributed by atoms with Gasteiger partial charge in [0.15, 0.2) is 0 Å². The molecule has 1 aromatic rings. The first kappa shape index (κ1) is 10.7. The third-order valence-electron chi connectivity index (χ3n) is 2.81. The number of rotatable bonds is 4. The van der Waals surface area contributed by atoms with E-state index in [1.165, 1.54) is 19.3 Å². The molecule has 1 heterocycles. The molecule has 1 unspecified atom stereocenters. The van der Waals surface area contributed by atoms with Crippen LogP contribution in [0.4, 0.5) is 11.5 Å². The van der Waals surface area contributed by atoms with E-state index in [1.54, 1.807) is 12.3 Å². The van der Waals surface area contributed by atoms with Gasteiger partial charge in [-0.2, -0.15) is 5.26 Å². The van der Waals surface area contributed by atoms with Crippen molar-refractivity contribution in [3.8, 4) is 6.07 Å². The van der Waals surface area contributed by atoms with E-state index in [1.807, 2.05) is 6.07 Å². The third kappa shape index (κ3) is 2.63. The highest BCUT2D eigenvalue weighted by atomic mass is 15.0. The van der Waals surface area contributed by atoms with Crippen molar-refractivity contribution in [1.29, 1.82) is 5.26 Å².